The Morgan fingerprint density at radius 3 is 3.13 bits per heavy atom. The summed E-state index contributed by atoms with van der Waals surface area (Å²) in [6, 6.07) is 4.62. The molecule has 1 aliphatic rings. The lowest BCUT2D eigenvalue weighted by Gasteiger charge is -2.14. The molecule has 1 aliphatic heterocycles. The van der Waals surface area contributed by atoms with Crippen molar-refractivity contribution in [1.29, 1.82) is 0 Å². The van der Waals surface area contributed by atoms with E-state index in [9.17, 15) is 9.59 Å². The molecule has 1 fully saturated rings. The number of urea groups is 1. The number of thiazole rings is 1. The van der Waals surface area contributed by atoms with Gasteiger partial charge in [0.15, 0.2) is 5.13 Å². The molecule has 1 atom stereocenters. The molecule has 0 spiro atoms. The molecule has 3 rings (SSSR count). The van der Waals surface area contributed by atoms with Gasteiger partial charge in [-0.3, -0.25) is 10.1 Å². The minimum absolute atomic E-state index is 0.133. The maximum Gasteiger partial charge on any atom is 0.321 e. The Kier molecular flexibility index (Phi) is 4.61. The van der Waals surface area contributed by atoms with Gasteiger partial charge in [-0.05, 0) is 37.5 Å². The molecule has 8 heteroatoms. The van der Waals surface area contributed by atoms with Crippen molar-refractivity contribution in [2.24, 2.45) is 0 Å². The Hall–Kier alpha value is -2.35. The summed E-state index contributed by atoms with van der Waals surface area (Å²) >= 11 is 1.36. The number of amides is 3. The second-order valence-electron chi connectivity index (χ2n) is 5.29. The summed E-state index contributed by atoms with van der Waals surface area (Å²) in [4.78, 5) is 28.3. The Labute approximate surface area is 137 Å². The summed E-state index contributed by atoms with van der Waals surface area (Å²) in [7, 11) is 1.60. The molecule has 3 N–H and O–H groups in total. The lowest BCUT2D eigenvalue weighted by molar-refractivity contribution is -0.122. The molecule has 1 aromatic heterocycles. The van der Waals surface area contributed by atoms with E-state index >= 15 is 0 Å². The van der Waals surface area contributed by atoms with Crippen LogP contribution in [0.25, 0.3) is 10.2 Å². The summed E-state index contributed by atoms with van der Waals surface area (Å²) in [5.41, 5.74) is 0.790. The fourth-order valence-electron chi connectivity index (χ4n) is 2.45. The quantitative estimate of drug-likeness (QED) is 0.801. The lowest BCUT2D eigenvalue weighted by Crippen LogP contribution is -2.46. The van der Waals surface area contributed by atoms with Crippen molar-refractivity contribution in [3.63, 3.8) is 0 Å². The largest absolute Gasteiger partial charge is 0.497 e. The van der Waals surface area contributed by atoms with Crippen molar-refractivity contribution in [2.45, 2.75) is 25.3 Å². The van der Waals surface area contributed by atoms with Crippen LogP contribution < -0.4 is 20.7 Å². The molecule has 122 valence electrons. The summed E-state index contributed by atoms with van der Waals surface area (Å²) in [6.45, 7) is 0.665. The fourth-order valence-corrected chi connectivity index (χ4v) is 3.34. The third-order valence-electron chi connectivity index (χ3n) is 3.66. The molecule has 7 nitrogen and oxygen atoms in total. The molecule has 0 bridgehead atoms. The SMILES string of the molecule is COc1ccc2nc(NC(=O)N[C@@H]3CCCCNC3=O)sc2c1. The summed E-state index contributed by atoms with van der Waals surface area (Å²) in [6.07, 6.45) is 2.49. The van der Waals surface area contributed by atoms with Crippen LogP contribution in [0, 0.1) is 0 Å². The van der Waals surface area contributed by atoms with Crippen LogP contribution >= 0.6 is 11.3 Å². The number of nitrogens with zero attached hydrogens (tertiary/aromatic N) is 1. The van der Waals surface area contributed by atoms with E-state index in [0.29, 0.717) is 18.1 Å². The monoisotopic (exact) mass is 334 g/mol. The van der Waals surface area contributed by atoms with Gasteiger partial charge in [0.05, 0.1) is 17.3 Å². The Morgan fingerprint density at radius 1 is 1.43 bits per heavy atom. The standard InChI is InChI=1S/C15H18N4O3S/c1-22-9-5-6-10-12(8-9)23-15(18-10)19-14(21)17-11-4-2-3-7-16-13(11)20/h5-6,8,11H,2-4,7H2,1H3,(H,16,20)(H2,17,18,19,21)/t11-/m1/s1. The van der Waals surface area contributed by atoms with Crippen molar-refractivity contribution in [3.05, 3.63) is 18.2 Å². The van der Waals surface area contributed by atoms with Gasteiger partial charge in [-0.1, -0.05) is 11.3 Å². The zero-order valence-electron chi connectivity index (χ0n) is 12.7. The molecule has 23 heavy (non-hydrogen) atoms. The first-order valence-corrected chi connectivity index (χ1v) is 8.27. The highest BCUT2D eigenvalue weighted by molar-refractivity contribution is 7.22. The fraction of sp³-hybridized carbons (Fsp3) is 0.400. The molecule has 0 aliphatic carbocycles. The lowest BCUT2D eigenvalue weighted by atomic mass is 10.1. The number of methoxy groups -OCH3 is 1. The first-order valence-electron chi connectivity index (χ1n) is 7.45. The number of carbonyl (C=O) groups excluding carboxylic acids is 2. The third-order valence-corrected chi connectivity index (χ3v) is 4.59. The number of hydrogen-bond donors (Lipinski definition) is 3. The Bertz CT molecular complexity index is 731. The van der Waals surface area contributed by atoms with Gasteiger partial charge in [0.2, 0.25) is 5.91 Å². The van der Waals surface area contributed by atoms with Crippen molar-refractivity contribution in [2.75, 3.05) is 19.0 Å². The average Bonchev–Trinajstić information content (AvgIpc) is 2.82. The summed E-state index contributed by atoms with van der Waals surface area (Å²) in [5, 5.41) is 8.67. The second kappa shape index (κ2) is 6.82. The van der Waals surface area contributed by atoms with Crippen molar-refractivity contribution in [1.82, 2.24) is 15.6 Å². The van der Waals surface area contributed by atoms with Crippen LogP contribution in [0.2, 0.25) is 0 Å². The minimum Gasteiger partial charge on any atom is -0.497 e. The molecule has 1 aromatic carbocycles. The molecule has 1 saturated heterocycles. The predicted octanol–water partition coefficient (Wildman–Crippen LogP) is 2.10. The highest BCUT2D eigenvalue weighted by atomic mass is 32.1. The van der Waals surface area contributed by atoms with E-state index in [-0.39, 0.29) is 5.91 Å². The Morgan fingerprint density at radius 2 is 2.30 bits per heavy atom. The number of rotatable bonds is 3. The van der Waals surface area contributed by atoms with Crippen LogP contribution in [0.5, 0.6) is 5.75 Å². The van der Waals surface area contributed by atoms with E-state index in [1.54, 1.807) is 7.11 Å². The normalized spacial score (nSPS) is 18.1. The van der Waals surface area contributed by atoms with Gasteiger partial charge in [0.25, 0.3) is 0 Å². The predicted molar refractivity (Wildman–Crippen MR) is 89.0 cm³/mol. The Balaban J connectivity index is 1.66. The summed E-state index contributed by atoms with van der Waals surface area (Å²) in [5.74, 6) is 0.610. The van der Waals surface area contributed by atoms with Crippen LogP contribution in [0.1, 0.15) is 19.3 Å². The van der Waals surface area contributed by atoms with Gasteiger partial charge in [-0.15, -0.1) is 0 Å². The first-order chi connectivity index (χ1) is 11.2. The molecule has 3 amide bonds. The molecular formula is C15H18N4O3S. The molecule has 2 aromatic rings. The molecule has 0 saturated carbocycles. The number of hydrogen-bond acceptors (Lipinski definition) is 5. The maximum atomic E-state index is 12.1. The van der Waals surface area contributed by atoms with E-state index < -0.39 is 12.1 Å². The van der Waals surface area contributed by atoms with Gasteiger partial charge in [0.1, 0.15) is 11.8 Å². The molecule has 0 radical (unpaired) electrons. The highest BCUT2D eigenvalue weighted by Crippen LogP contribution is 2.29. The first kappa shape index (κ1) is 15.5. The van der Waals surface area contributed by atoms with E-state index in [1.165, 1.54) is 11.3 Å². The van der Waals surface area contributed by atoms with Crippen molar-refractivity contribution < 1.29 is 14.3 Å². The van der Waals surface area contributed by atoms with E-state index in [2.05, 4.69) is 20.9 Å². The third kappa shape index (κ3) is 3.70. The van der Waals surface area contributed by atoms with Gasteiger partial charge in [-0.2, -0.15) is 0 Å². The van der Waals surface area contributed by atoms with Crippen LogP contribution in [-0.4, -0.2) is 36.6 Å². The molecular weight excluding hydrogens is 316 g/mol. The summed E-state index contributed by atoms with van der Waals surface area (Å²) < 4.78 is 6.09. The number of benzene rings is 1. The van der Waals surface area contributed by atoms with E-state index in [0.717, 1.165) is 28.8 Å². The number of nitrogens with one attached hydrogen (secondary N) is 3. The average molecular weight is 334 g/mol. The second-order valence-corrected chi connectivity index (χ2v) is 6.32. The molecule has 0 unspecified atom stereocenters. The number of carbonyl (C=O) groups is 2. The number of anilines is 1. The zero-order valence-corrected chi connectivity index (χ0v) is 13.5. The van der Waals surface area contributed by atoms with Crippen LogP contribution in [-0.2, 0) is 4.79 Å². The van der Waals surface area contributed by atoms with Crippen molar-refractivity contribution in [3.8, 4) is 5.75 Å². The van der Waals surface area contributed by atoms with E-state index in [4.69, 9.17) is 4.74 Å². The smallest absolute Gasteiger partial charge is 0.321 e. The van der Waals surface area contributed by atoms with Crippen molar-refractivity contribution >= 4 is 38.6 Å². The number of aromatic nitrogens is 1. The number of fused-ring (bicyclic) bond motifs is 1. The number of ether oxygens (including phenoxy) is 1. The van der Waals surface area contributed by atoms with Gasteiger partial charge >= 0.3 is 6.03 Å². The minimum atomic E-state index is -0.494. The van der Waals surface area contributed by atoms with Gasteiger partial charge in [0, 0.05) is 6.54 Å². The van der Waals surface area contributed by atoms with Crippen LogP contribution in [0.4, 0.5) is 9.93 Å². The maximum absolute atomic E-state index is 12.1. The van der Waals surface area contributed by atoms with Gasteiger partial charge in [-0.25, -0.2) is 9.78 Å². The van der Waals surface area contributed by atoms with Crippen LogP contribution in [0.15, 0.2) is 18.2 Å². The topological polar surface area (TPSA) is 92.3 Å². The van der Waals surface area contributed by atoms with Crippen LogP contribution in [0.3, 0.4) is 0 Å². The zero-order chi connectivity index (χ0) is 16.2. The van der Waals surface area contributed by atoms with Gasteiger partial charge < -0.3 is 15.4 Å². The molecule has 2 heterocycles. The highest BCUT2D eigenvalue weighted by Gasteiger charge is 2.22. The van der Waals surface area contributed by atoms with E-state index in [1.807, 2.05) is 18.2 Å².